The molecule has 0 spiro atoms. The summed E-state index contributed by atoms with van der Waals surface area (Å²) in [7, 11) is 3.11. The van der Waals surface area contributed by atoms with Crippen LogP contribution in [-0.2, 0) is 9.59 Å². The lowest BCUT2D eigenvalue weighted by molar-refractivity contribution is -0.120. The molecule has 1 rings (SSSR count). The van der Waals surface area contributed by atoms with Crippen molar-refractivity contribution in [1.29, 1.82) is 0 Å². The lowest BCUT2D eigenvalue weighted by Crippen LogP contribution is -2.42. The highest BCUT2D eigenvalue weighted by Crippen LogP contribution is 2.16. The van der Waals surface area contributed by atoms with E-state index in [1.165, 1.54) is 0 Å². The van der Waals surface area contributed by atoms with Crippen molar-refractivity contribution in [1.82, 2.24) is 10.6 Å². The number of anilines is 1. The fourth-order valence-corrected chi connectivity index (χ4v) is 1.38. The largest absolute Gasteiger partial charge is 0.497 e. The number of likely N-dealkylation sites (N-methyl/N-ethyl adjacent to an activating group) is 1. The summed E-state index contributed by atoms with van der Waals surface area (Å²) < 4.78 is 5.07. The van der Waals surface area contributed by atoms with Crippen LogP contribution in [0.25, 0.3) is 0 Å². The second kappa shape index (κ2) is 7.38. The normalized spacial score (nSPS) is 11.5. The predicted octanol–water partition coefficient (Wildman–Crippen LogP) is 0.358. The van der Waals surface area contributed by atoms with Gasteiger partial charge in [0.1, 0.15) is 5.75 Å². The molecule has 0 radical (unpaired) electrons. The molecule has 0 aromatic heterocycles. The van der Waals surface area contributed by atoms with E-state index in [1.54, 1.807) is 45.3 Å². The summed E-state index contributed by atoms with van der Waals surface area (Å²) in [5.74, 6) is 0.293. The van der Waals surface area contributed by atoms with E-state index in [9.17, 15) is 9.59 Å². The summed E-state index contributed by atoms with van der Waals surface area (Å²) >= 11 is 0. The van der Waals surface area contributed by atoms with Gasteiger partial charge in [-0.3, -0.25) is 14.9 Å². The van der Waals surface area contributed by atoms with Gasteiger partial charge in [0.25, 0.3) is 0 Å². The quantitative estimate of drug-likeness (QED) is 0.694. The Morgan fingerprint density at radius 1 is 1.37 bits per heavy atom. The Hall–Kier alpha value is -2.08. The van der Waals surface area contributed by atoms with Crippen LogP contribution >= 0.6 is 0 Å². The SMILES string of the molecule is CNC(=O)CN[C@@H](C)C(=O)Nc1cccc(OC)c1. The summed E-state index contributed by atoms with van der Waals surface area (Å²) in [6.45, 7) is 1.79. The number of amides is 2. The third kappa shape index (κ3) is 4.97. The van der Waals surface area contributed by atoms with Gasteiger partial charge in [0, 0.05) is 18.8 Å². The molecule has 0 saturated carbocycles. The number of methoxy groups -OCH3 is 1. The van der Waals surface area contributed by atoms with E-state index in [0.717, 1.165) is 0 Å². The zero-order chi connectivity index (χ0) is 14.3. The molecule has 1 aromatic rings. The summed E-state index contributed by atoms with van der Waals surface area (Å²) in [4.78, 5) is 22.9. The third-order valence-corrected chi connectivity index (χ3v) is 2.58. The molecule has 0 bridgehead atoms. The second-order valence-corrected chi connectivity index (χ2v) is 4.00. The fraction of sp³-hybridized carbons (Fsp3) is 0.385. The Labute approximate surface area is 112 Å². The lowest BCUT2D eigenvalue weighted by Gasteiger charge is -2.14. The number of benzene rings is 1. The number of hydrogen-bond acceptors (Lipinski definition) is 4. The maximum absolute atomic E-state index is 11.9. The van der Waals surface area contributed by atoms with Gasteiger partial charge in [-0.25, -0.2) is 0 Å². The fourth-order valence-electron chi connectivity index (χ4n) is 1.38. The predicted molar refractivity (Wildman–Crippen MR) is 73.2 cm³/mol. The van der Waals surface area contributed by atoms with Gasteiger partial charge in [0.2, 0.25) is 11.8 Å². The first-order valence-electron chi connectivity index (χ1n) is 5.95. The summed E-state index contributed by atoms with van der Waals surface area (Å²) in [5, 5.41) is 8.05. The zero-order valence-corrected chi connectivity index (χ0v) is 11.3. The highest BCUT2D eigenvalue weighted by molar-refractivity contribution is 5.95. The van der Waals surface area contributed by atoms with Crippen LogP contribution in [0, 0.1) is 0 Å². The molecular weight excluding hydrogens is 246 g/mol. The van der Waals surface area contributed by atoms with E-state index in [1.807, 2.05) is 0 Å². The maximum atomic E-state index is 11.9. The van der Waals surface area contributed by atoms with Crippen molar-refractivity contribution in [2.24, 2.45) is 0 Å². The van der Waals surface area contributed by atoms with Crippen molar-refractivity contribution in [2.75, 3.05) is 26.0 Å². The molecule has 3 N–H and O–H groups in total. The first kappa shape index (κ1) is 15.0. The molecule has 0 aliphatic carbocycles. The van der Waals surface area contributed by atoms with Gasteiger partial charge in [-0.1, -0.05) is 6.07 Å². The molecule has 0 aliphatic rings. The van der Waals surface area contributed by atoms with Gasteiger partial charge < -0.3 is 15.4 Å². The molecule has 6 heteroatoms. The molecule has 19 heavy (non-hydrogen) atoms. The monoisotopic (exact) mass is 265 g/mol. The van der Waals surface area contributed by atoms with E-state index >= 15 is 0 Å². The van der Waals surface area contributed by atoms with Crippen molar-refractivity contribution in [2.45, 2.75) is 13.0 Å². The minimum atomic E-state index is -0.469. The molecule has 104 valence electrons. The Bertz CT molecular complexity index is 449. The lowest BCUT2D eigenvalue weighted by atomic mass is 10.2. The molecular formula is C13H19N3O3. The van der Waals surface area contributed by atoms with Crippen molar-refractivity contribution in [3.05, 3.63) is 24.3 Å². The summed E-state index contributed by atoms with van der Waals surface area (Å²) in [5.41, 5.74) is 0.651. The van der Waals surface area contributed by atoms with E-state index in [-0.39, 0.29) is 18.4 Å². The highest BCUT2D eigenvalue weighted by atomic mass is 16.5. The van der Waals surface area contributed by atoms with Gasteiger partial charge in [-0.05, 0) is 19.1 Å². The second-order valence-electron chi connectivity index (χ2n) is 4.00. The van der Waals surface area contributed by atoms with Crippen LogP contribution in [0.1, 0.15) is 6.92 Å². The summed E-state index contributed by atoms with van der Waals surface area (Å²) in [6.07, 6.45) is 0. The van der Waals surface area contributed by atoms with Crippen LogP contribution in [0.4, 0.5) is 5.69 Å². The van der Waals surface area contributed by atoms with Crippen LogP contribution in [0.2, 0.25) is 0 Å². The molecule has 1 aromatic carbocycles. The molecule has 6 nitrogen and oxygen atoms in total. The molecule has 1 atom stereocenters. The Morgan fingerprint density at radius 3 is 2.74 bits per heavy atom. The topological polar surface area (TPSA) is 79.5 Å². The van der Waals surface area contributed by atoms with Crippen LogP contribution in [0.5, 0.6) is 5.75 Å². The number of carbonyl (C=O) groups excluding carboxylic acids is 2. The van der Waals surface area contributed by atoms with Crippen molar-refractivity contribution in [3.8, 4) is 5.75 Å². The van der Waals surface area contributed by atoms with Gasteiger partial charge >= 0.3 is 0 Å². The number of ether oxygens (including phenoxy) is 1. The first-order valence-corrected chi connectivity index (χ1v) is 5.95. The zero-order valence-electron chi connectivity index (χ0n) is 11.3. The molecule has 0 aliphatic heterocycles. The number of nitrogens with one attached hydrogen (secondary N) is 3. The van der Waals surface area contributed by atoms with Crippen molar-refractivity contribution >= 4 is 17.5 Å². The van der Waals surface area contributed by atoms with Crippen LogP contribution in [0.3, 0.4) is 0 Å². The molecule has 0 heterocycles. The first-order chi connectivity index (χ1) is 9.06. The van der Waals surface area contributed by atoms with Gasteiger partial charge in [0.15, 0.2) is 0 Å². The van der Waals surface area contributed by atoms with Crippen LogP contribution in [-0.4, -0.2) is 38.6 Å². The van der Waals surface area contributed by atoms with Crippen molar-refractivity contribution < 1.29 is 14.3 Å². The molecule has 2 amide bonds. The van der Waals surface area contributed by atoms with Gasteiger partial charge in [0.05, 0.1) is 19.7 Å². The Kier molecular flexibility index (Phi) is 5.81. The Balaban J connectivity index is 2.51. The van der Waals surface area contributed by atoms with E-state index in [4.69, 9.17) is 4.74 Å². The summed E-state index contributed by atoms with van der Waals surface area (Å²) in [6, 6.07) is 6.61. The highest BCUT2D eigenvalue weighted by Gasteiger charge is 2.13. The molecule has 0 saturated heterocycles. The maximum Gasteiger partial charge on any atom is 0.241 e. The van der Waals surface area contributed by atoms with E-state index in [2.05, 4.69) is 16.0 Å². The minimum Gasteiger partial charge on any atom is -0.497 e. The number of carbonyl (C=O) groups is 2. The average Bonchev–Trinajstić information content (AvgIpc) is 2.44. The van der Waals surface area contributed by atoms with Crippen LogP contribution < -0.4 is 20.7 Å². The Morgan fingerprint density at radius 2 is 2.11 bits per heavy atom. The van der Waals surface area contributed by atoms with Crippen molar-refractivity contribution in [3.63, 3.8) is 0 Å². The number of hydrogen-bond donors (Lipinski definition) is 3. The minimum absolute atomic E-state index is 0.100. The van der Waals surface area contributed by atoms with E-state index < -0.39 is 6.04 Å². The smallest absolute Gasteiger partial charge is 0.241 e. The van der Waals surface area contributed by atoms with Gasteiger partial charge in [-0.15, -0.1) is 0 Å². The van der Waals surface area contributed by atoms with Gasteiger partial charge in [-0.2, -0.15) is 0 Å². The number of rotatable bonds is 6. The van der Waals surface area contributed by atoms with Crippen LogP contribution in [0.15, 0.2) is 24.3 Å². The molecule has 0 fully saturated rings. The average molecular weight is 265 g/mol. The molecule has 0 unspecified atom stereocenters. The third-order valence-electron chi connectivity index (χ3n) is 2.58. The van der Waals surface area contributed by atoms with E-state index in [0.29, 0.717) is 11.4 Å². The standard InChI is InChI=1S/C13H19N3O3/c1-9(15-8-12(17)14-2)13(18)16-10-5-4-6-11(7-10)19-3/h4-7,9,15H,8H2,1-3H3,(H,14,17)(H,16,18)/t9-/m0/s1.